The van der Waals surface area contributed by atoms with Crippen molar-refractivity contribution in [2.75, 3.05) is 5.75 Å². The number of amides is 1. The number of nitrogens with two attached hydrogens (primary N) is 1. The van der Waals surface area contributed by atoms with Gasteiger partial charge in [0.15, 0.2) is 5.72 Å². The van der Waals surface area contributed by atoms with Crippen molar-refractivity contribution < 1.29 is 18.3 Å². The van der Waals surface area contributed by atoms with Gasteiger partial charge in [0, 0.05) is 11.8 Å². The van der Waals surface area contributed by atoms with Crippen molar-refractivity contribution in [3.05, 3.63) is 58.9 Å². The summed E-state index contributed by atoms with van der Waals surface area (Å²) >= 11 is 6.83. The van der Waals surface area contributed by atoms with Gasteiger partial charge in [0.2, 0.25) is 10.0 Å². The van der Waals surface area contributed by atoms with Crippen LogP contribution in [0, 0.1) is 0 Å². The molecule has 1 aliphatic rings. The average molecular weight is 400 g/mol. The number of thioether (sulfide) groups is 1. The summed E-state index contributed by atoms with van der Waals surface area (Å²) in [6, 6.07) is 9.25. The molecule has 0 bridgehead atoms. The lowest BCUT2D eigenvalue weighted by molar-refractivity contribution is -0.0611. The molecule has 7 nitrogen and oxygen atoms in total. The Hall–Kier alpha value is -1.65. The van der Waals surface area contributed by atoms with E-state index in [1.54, 1.807) is 24.4 Å². The van der Waals surface area contributed by atoms with Gasteiger partial charge in [-0.3, -0.25) is 14.7 Å². The molecule has 2 heterocycles. The number of halogens is 1. The number of benzene rings is 1. The summed E-state index contributed by atoms with van der Waals surface area (Å²) in [6.07, 6.45) is 1.59. The van der Waals surface area contributed by atoms with Gasteiger partial charge in [-0.2, -0.15) is 0 Å². The maximum absolute atomic E-state index is 12.2. The van der Waals surface area contributed by atoms with Crippen molar-refractivity contribution >= 4 is 38.6 Å². The summed E-state index contributed by atoms with van der Waals surface area (Å²) in [5, 5.41) is 15.9. The summed E-state index contributed by atoms with van der Waals surface area (Å²) in [7, 11) is -4.07. The molecule has 3 rings (SSSR count). The predicted octanol–water partition coefficient (Wildman–Crippen LogP) is 1.90. The molecular weight excluding hydrogens is 386 g/mol. The van der Waals surface area contributed by atoms with E-state index in [0.717, 1.165) is 11.8 Å². The van der Waals surface area contributed by atoms with Gasteiger partial charge in [0.25, 0.3) is 5.24 Å². The predicted molar refractivity (Wildman–Crippen MR) is 94.4 cm³/mol. The number of hydrogen-bond acceptors (Lipinski definition) is 6. The van der Waals surface area contributed by atoms with E-state index in [1.807, 2.05) is 0 Å². The first kappa shape index (κ1) is 18.2. The first-order valence-corrected chi connectivity index (χ1v) is 10.0. The second-order valence-corrected chi connectivity index (χ2v) is 8.33. The smallest absolute Gasteiger partial charge is 0.284 e. The molecule has 1 unspecified atom stereocenters. The fourth-order valence-electron chi connectivity index (χ4n) is 2.53. The maximum Gasteiger partial charge on any atom is 0.284 e. The number of nitrogens with zero attached hydrogens (tertiary/aromatic N) is 2. The average Bonchev–Trinajstić information content (AvgIpc) is 2.85. The van der Waals surface area contributed by atoms with E-state index in [4.69, 9.17) is 16.7 Å². The monoisotopic (exact) mass is 399 g/mol. The van der Waals surface area contributed by atoms with Gasteiger partial charge >= 0.3 is 0 Å². The minimum atomic E-state index is -4.07. The van der Waals surface area contributed by atoms with E-state index in [2.05, 4.69) is 4.98 Å². The SMILES string of the molecule is NS(=O)(=O)c1cc(C2(O)CSC(=O)N2Cc2ccccn2)ccc1Cl. The Morgan fingerprint density at radius 3 is 2.76 bits per heavy atom. The van der Waals surface area contributed by atoms with Crippen molar-refractivity contribution in [1.82, 2.24) is 9.88 Å². The zero-order valence-corrected chi connectivity index (χ0v) is 15.2. The molecule has 3 N–H and O–H groups in total. The van der Waals surface area contributed by atoms with Crippen LogP contribution in [-0.4, -0.2) is 34.4 Å². The molecule has 0 spiro atoms. The van der Waals surface area contributed by atoms with Crippen LogP contribution in [0.5, 0.6) is 0 Å². The molecule has 10 heteroatoms. The van der Waals surface area contributed by atoms with Crippen LogP contribution in [0.4, 0.5) is 4.79 Å². The molecule has 1 aliphatic heterocycles. The van der Waals surface area contributed by atoms with Crippen molar-refractivity contribution in [2.24, 2.45) is 5.14 Å². The Balaban J connectivity index is 2.03. The summed E-state index contributed by atoms with van der Waals surface area (Å²) < 4.78 is 23.4. The number of carbonyl (C=O) groups is 1. The fourth-order valence-corrected chi connectivity index (χ4v) is 4.62. The molecule has 0 radical (unpaired) electrons. The third-order valence-corrected chi connectivity index (χ3v) is 6.22. The first-order valence-electron chi connectivity index (χ1n) is 7.11. The topological polar surface area (TPSA) is 114 Å². The third-order valence-electron chi connectivity index (χ3n) is 3.81. The normalized spacial score (nSPS) is 20.9. The van der Waals surface area contributed by atoms with Gasteiger partial charge in [-0.15, -0.1) is 0 Å². The Kier molecular flexibility index (Phi) is 4.78. The Bertz CT molecular complexity index is 924. The number of sulfonamides is 1. The number of rotatable bonds is 4. The Morgan fingerprint density at radius 2 is 2.12 bits per heavy atom. The minimum Gasteiger partial charge on any atom is -0.366 e. The standard InChI is InChI=1S/C15H14ClN3O4S2/c16-12-5-4-10(7-13(12)25(17,22)23)15(21)9-24-14(20)19(15)8-11-3-1-2-6-18-11/h1-7,21H,8-9H2,(H2,17,22,23). The third kappa shape index (κ3) is 3.51. The highest BCUT2D eigenvalue weighted by atomic mass is 35.5. The highest BCUT2D eigenvalue weighted by molar-refractivity contribution is 8.13. The number of aliphatic hydroxyl groups is 1. The van der Waals surface area contributed by atoms with Gasteiger partial charge in [-0.25, -0.2) is 13.6 Å². The highest BCUT2D eigenvalue weighted by Crippen LogP contribution is 2.41. The van der Waals surface area contributed by atoms with E-state index >= 15 is 0 Å². The van der Waals surface area contributed by atoms with Gasteiger partial charge in [0.1, 0.15) is 4.90 Å². The molecular formula is C15H14ClN3O4S2. The number of carbonyl (C=O) groups excluding carboxylic acids is 1. The van der Waals surface area contributed by atoms with Crippen molar-refractivity contribution in [1.29, 1.82) is 0 Å². The number of aromatic nitrogens is 1. The molecule has 1 saturated heterocycles. The van der Waals surface area contributed by atoms with Crippen LogP contribution >= 0.6 is 23.4 Å². The molecule has 0 aliphatic carbocycles. The van der Waals surface area contributed by atoms with Crippen molar-refractivity contribution in [2.45, 2.75) is 17.2 Å². The largest absolute Gasteiger partial charge is 0.366 e. The van der Waals surface area contributed by atoms with Crippen LogP contribution in [0.1, 0.15) is 11.3 Å². The first-order chi connectivity index (χ1) is 11.7. The zero-order valence-electron chi connectivity index (χ0n) is 12.8. The van der Waals surface area contributed by atoms with Gasteiger partial charge in [-0.1, -0.05) is 35.5 Å². The second-order valence-electron chi connectivity index (χ2n) is 5.47. The minimum absolute atomic E-state index is 0.0460. The van der Waals surface area contributed by atoms with E-state index in [9.17, 15) is 18.3 Å². The Morgan fingerprint density at radius 1 is 1.36 bits per heavy atom. The summed E-state index contributed by atoms with van der Waals surface area (Å²) in [5.74, 6) is 0.0460. The van der Waals surface area contributed by atoms with E-state index < -0.39 is 15.7 Å². The van der Waals surface area contributed by atoms with Gasteiger partial charge in [0.05, 0.1) is 23.0 Å². The maximum atomic E-state index is 12.2. The molecule has 0 saturated carbocycles. The van der Waals surface area contributed by atoms with Gasteiger partial charge < -0.3 is 5.11 Å². The molecule has 1 fully saturated rings. The molecule has 1 aromatic carbocycles. The molecule has 2 aromatic rings. The Labute approximate surface area is 153 Å². The fraction of sp³-hybridized carbons (Fsp3) is 0.200. The number of primary sulfonamides is 1. The van der Waals surface area contributed by atoms with Crippen LogP contribution < -0.4 is 5.14 Å². The van der Waals surface area contributed by atoms with Gasteiger partial charge in [-0.05, 0) is 24.3 Å². The molecule has 1 amide bonds. The van der Waals surface area contributed by atoms with Crippen molar-refractivity contribution in [3.63, 3.8) is 0 Å². The summed E-state index contributed by atoms with van der Waals surface area (Å²) in [6.45, 7) is 0.0799. The molecule has 25 heavy (non-hydrogen) atoms. The zero-order chi connectivity index (χ0) is 18.2. The number of hydrogen-bond donors (Lipinski definition) is 2. The quantitative estimate of drug-likeness (QED) is 0.811. The van der Waals surface area contributed by atoms with Crippen LogP contribution in [-0.2, 0) is 22.3 Å². The van der Waals surface area contributed by atoms with Crippen LogP contribution in [0.3, 0.4) is 0 Å². The summed E-state index contributed by atoms with van der Waals surface area (Å²) in [5.41, 5.74) is -0.879. The molecule has 132 valence electrons. The van der Waals surface area contributed by atoms with Crippen LogP contribution in [0.2, 0.25) is 5.02 Å². The van der Waals surface area contributed by atoms with Crippen LogP contribution in [0.15, 0.2) is 47.5 Å². The van der Waals surface area contributed by atoms with E-state index in [-0.39, 0.29) is 33.0 Å². The van der Waals surface area contributed by atoms with Crippen molar-refractivity contribution in [3.8, 4) is 0 Å². The number of pyridine rings is 1. The summed E-state index contributed by atoms with van der Waals surface area (Å²) in [4.78, 5) is 17.3. The second kappa shape index (κ2) is 6.58. The molecule has 1 atom stereocenters. The lowest BCUT2D eigenvalue weighted by Crippen LogP contribution is -2.44. The highest BCUT2D eigenvalue weighted by Gasteiger charge is 2.46. The van der Waals surface area contributed by atoms with E-state index in [0.29, 0.717) is 5.69 Å². The molecule has 1 aromatic heterocycles. The lowest BCUT2D eigenvalue weighted by atomic mass is 10.0. The lowest BCUT2D eigenvalue weighted by Gasteiger charge is -2.33. The van der Waals surface area contributed by atoms with E-state index in [1.165, 1.54) is 23.1 Å². The van der Waals surface area contributed by atoms with Crippen LogP contribution in [0.25, 0.3) is 0 Å².